The van der Waals surface area contributed by atoms with E-state index in [1.165, 1.54) is 11.3 Å². The summed E-state index contributed by atoms with van der Waals surface area (Å²) in [5.74, 6) is 0.432. The number of hydrogen-bond acceptors (Lipinski definition) is 9. The van der Waals surface area contributed by atoms with Crippen LogP contribution in [0.1, 0.15) is 62.0 Å². The molecule has 0 aromatic heterocycles. The molecule has 1 saturated heterocycles. The van der Waals surface area contributed by atoms with Crippen molar-refractivity contribution in [2.24, 2.45) is 29.1 Å². The largest absolute Gasteiger partial charge is 0.496 e. The molecule has 1 unspecified atom stereocenters. The van der Waals surface area contributed by atoms with Gasteiger partial charge in [-0.1, -0.05) is 69.3 Å². The van der Waals surface area contributed by atoms with Gasteiger partial charge in [-0.05, 0) is 72.3 Å². The van der Waals surface area contributed by atoms with E-state index in [4.69, 9.17) is 9.57 Å². The minimum absolute atomic E-state index is 0.0156. The third-order valence-electron chi connectivity index (χ3n) is 13.0. The highest BCUT2D eigenvalue weighted by Gasteiger charge is 2.57. The number of para-hydroxylation sites is 1. The zero-order valence-electron chi connectivity index (χ0n) is 34.9. The number of ether oxygens (including phenoxy) is 1. The van der Waals surface area contributed by atoms with Gasteiger partial charge in [0.1, 0.15) is 23.9 Å². The number of anilines is 1. The molecule has 57 heavy (non-hydrogen) atoms. The van der Waals surface area contributed by atoms with E-state index < -0.39 is 36.1 Å². The van der Waals surface area contributed by atoms with Crippen molar-refractivity contribution >= 4 is 23.4 Å². The van der Waals surface area contributed by atoms with Gasteiger partial charge in [0.25, 0.3) is 5.91 Å². The number of amides is 3. The Hall–Kier alpha value is -4.49. The van der Waals surface area contributed by atoms with E-state index in [0.29, 0.717) is 52.2 Å². The maximum absolute atomic E-state index is 14.3. The van der Waals surface area contributed by atoms with Gasteiger partial charge in [-0.15, -0.1) is 0 Å². The number of rotatable bonds is 14. The molecule has 1 aliphatic heterocycles. The lowest BCUT2D eigenvalue weighted by Gasteiger charge is -2.62. The van der Waals surface area contributed by atoms with Crippen molar-refractivity contribution in [3.63, 3.8) is 0 Å². The predicted molar refractivity (Wildman–Crippen MR) is 220 cm³/mol. The van der Waals surface area contributed by atoms with Crippen LogP contribution in [0, 0.1) is 29.1 Å². The van der Waals surface area contributed by atoms with Gasteiger partial charge in [-0.2, -0.15) is 5.06 Å². The molecule has 9 atom stereocenters. The number of nitrogens with one attached hydrogen (secondary N) is 2. The van der Waals surface area contributed by atoms with Gasteiger partial charge in [-0.3, -0.25) is 19.2 Å². The quantitative estimate of drug-likeness (QED) is 0.186. The first-order valence-electron chi connectivity index (χ1n) is 20.1. The Bertz CT molecular complexity index is 1920. The Morgan fingerprint density at radius 3 is 2.33 bits per heavy atom. The molecule has 3 amide bonds. The monoisotopic (exact) mass is 783 g/mol. The van der Waals surface area contributed by atoms with Crippen molar-refractivity contribution in [3.8, 4) is 16.9 Å². The minimum atomic E-state index is -0.925. The van der Waals surface area contributed by atoms with Gasteiger partial charge >= 0.3 is 0 Å². The third-order valence-corrected chi connectivity index (χ3v) is 13.0. The average molecular weight is 784 g/mol. The second-order valence-corrected chi connectivity index (χ2v) is 17.3. The van der Waals surface area contributed by atoms with E-state index in [1.54, 1.807) is 45.3 Å². The van der Waals surface area contributed by atoms with Crippen LogP contribution in [0.4, 0.5) is 5.69 Å². The van der Waals surface area contributed by atoms with E-state index >= 15 is 0 Å². The molecule has 4 aliphatic rings. The summed E-state index contributed by atoms with van der Waals surface area (Å²) in [6.07, 6.45) is 0.726. The highest BCUT2D eigenvalue weighted by atomic mass is 16.7. The van der Waals surface area contributed by atoms with E-state index in [1.807, 2.05) is 73.6 Å². The summed E-state index contributed by atoms with van der Waals surface area (Å²) < 4.78 is 6.08. The fraction of sp³-hybridized carbons (Fsp3) is 0.533. The number of methoxy groups -OCH3 is 1. The maximum Gasteiger partial charge on any atom is 0.252 e. The molecule has 308 valence electrons. The smallest absolute Gasteiger partial charge is 0.252 e. The SMILES string of the molecule is COc1c(CN2O[C@@H](CO)[C@H]([C@H](C)O)[C@H]2C(=O)N[C@H]2C[C@H]3C[C@@H]([C@@H]2C)C3(C)C)cccc1-c1cc(C(=O)NC(Cc2ccccc2)C(=O)N(C)C)cc(N(C)C)c1. The van der Waals surface area contributed by atoms with Crippen LogP contribution in [0.5, 0.6) is 5.75 Å². The Kier molecular flexibility index (Phi) is 12.7. The summed E-state index contributed by atoms with van der Waals surface area (Å²) in [4.78, 5) is 51.3. The number of hydroxylamine groups is 2. The summed E-state index contributed by atoms with van der Waals surface area (Å²) in [5.41, 5.74) is 4.47. The third kappa shape index (κ3) is 8.55. The molecule has 0 radical (unpaired) electrons. The van der Waals surface area contributed by atoms with Crippen molar-refractivity contribution in [1.82, 2.24) is 20.6 Å². The Labute approximate surface area is 337 Å². The van der Waals surface area contributed by atoms with Crippen molar-refractivity contribution in [2.45, 2.75) is 83.8 Å². The zero-order chi connectivity index (χ0) is 41.3. The molecule has 4 N–H and O–H groups in total. The fourth-order valence-corrected chi connectivity index (χ4v) is 9.59. The van der Waals surface area contributed by atoms with E-state index in [9.17, 15) is 24.6 Å². The highest BCUT2D eigenvalue weighted by molar-refractivity contribution is 5.99. The van der Waals surface area contributed by atoms with Crippen LogP contribution in [-0.4, -0.2) is 110 Å². The molecule has 0 spiro atoms. The molecule has 7 rings (SSSR count). The first-order chi connectivity index (χ1) is 27.0. The summed E-state index contributed by atoms with van der Waals surface area (Å²) in [6.45, 7) is 8.28. The van der Waals surface area contributed by atoms with Gasteiger partial charge in [-0.25, -0.2) is 0 Å². The lowest BCUT2D eigenvalue weighted by atomic mass is 9.45. The average Bonchev–Trinajstić information content (AvgIpc) is 3.56. The zero-order valence-corrected chi connectivity index (χ0v) is 34.9. The molecule has 3 saturated carbocycles. The van der Waals surface area contributed by atoms with Crippen molar-refractivity contribution in [3.05, 3.63) is 83.4 Å². The van der Waals surface area contributed by atoms with Crippen LogP contribution in [0.2, 0.25) is 0 Å². The first-order valence-corrected chi connectivity index (χ1v) is 20.1. The Morgan fingerprint density at radius 2 is 1.74 bits per heavy atom. The summed E-state index contributed by atoms with van der Waals surface area (Å²) >= 11 is 0. The number of likely N-dealkylation sites (N-methyl/N-ethyl adjacent to an activating group) is 1. The van der Waals surface area contributed by atoms with Crippen molar-refractivity contribution < 1.29 is 34.2 Å². The number of aliphatic hydroxyl groups is 2. The molecule has 12 nitrogen and oxygen atoms in total. The molecule has 3 aromatic carbocycles. The number of aliphatic hydroxyl groups excluding tert-OH is 2. The summed E-state index contributed by atoms with van der Waals surface area (Å²) in [6, 6.07) is 19.2. The Morgan fingerprint density at radius 1 is 1.02 bits per heavy atom. The fourth-order valence-electron chi connectivity index (χ4n) is 9.59. The highest BCUT2D eigenvalue weighted by Crippen LogP contribution is 2.61. The Balaban J connectivity index is 1.29. The lowest BCUT2D eigenvalue weighted by molar-refractivity contribution is -0.183. The molecule has 3 aliphatic carbocycles. The number of benzene rings is 3. The molecular weight excluding hydrogens is 723 g/mol. The number of fused-ring (bicyclic) bond motifs is 2. The predicted octanol–water partition coefficient (Wildman–Crippen LogP) is 4.52. The summed E-state index contributed by atoms with van der Waals surface area (Å²) in [5, 5.41) is 29.3. The van der Waals surface area contributed by atoms with Gasteiger partial charge in [0.15, 0.2) is 0 Å². The van der Waals surface area contributed by atoms with E-state index in [2.05, 4.69) is 31.4 Å². The molecule has 2 bridgehead atoms. The number of carbonyl (C=O) groups is 3. The van der Waals surface area contributed by atoms with Crippen molar-refractivity contribution in [1.29, 1.82) is 0 Å². The van der Waals surface area contributed by atoms with Crippen molar-refractivity contribution in [2.75, 3.05) is 46.8 Å². The van der Waals surface area contributed by atoms with Gasteiger partial charge in [0, 0.05) is 68.9 Å². The summed E-state index contributed by atoms with van der Waals surface area (Å²) in [7, 11) is 8.71. The van der Waals surface area contributed by atoms with Crippen LogP contribution < -0.4 is 20.3 Å². The van der Waals surface area contributed by atoms with Gasteiger partial charge in [0.2, 0.25) is 11.8 Å². The molecule has 3 aromatic rings. The molecule has 4 fully saturated rings. The van der Waals surface area contributed by atoms with Crippen LogP contribution in [0.25, 0.3) is 11.1 Å². The standard InChI is InChI=1S/C45H61N5O7/c1-26-35-22-32(45(35,3)4)23-36(26)46-43(54)40-39(27(2)52)38(25-51)57-50(40)24-29-16-13-17-34(41(29)56-9)30-19-31(21-33(20-30)48(5)6)42(53)47-37(44(55)49(7)8)18-28-14-11-10-12-15-28/h10-17,19-21,26-27,32,35-40,51-52H,18,22-25H2,1-9H3,(H,46,54)(H,47,53)/t26-,27-,32+,35-,36-,37?,38-,39-,40-/m0/s1. The number of carbonyl (C=O) groups excluding carboxylic acids is 3. The number of nitrogens with zero attached hydrogens (tertiary/aromatic N) is 3. The van der Waals surface area contributed by atoms with E-state index in [0.717, 1.165) is 17.7 Å². The second-order valence-electron chi connectivity index (χ2n) is 17.3. The van der Waals surface area contributed by atoms with Crippen LogP contribution >= 0.6 is 0 Å². The maximum atomic E-state index is 14.3. The first kappa shape index (κ1) is 42.1. The molecule has 12 heteroatoms. The van der Waals surface area contributed by atoms with Crippen LogP contribution in [0.15, 0.2) is 66.7 Å². The number of hydrogen-bond donors (Lipinski definition) is 4. The van der Waals surface area contributed by atoms with Gasteiger partial charge < -0.3 is 35.4 Å². The van der Waals surface area contributed by atoms with E-state index in [-0.39, 0.29) is 36.4 Å². The molecular formula is C45H61N5O7. The van der Waals surface area contributed by atoms with Gasteiger partial charge in [0.05, 0.1) is 26.4 Å². The van der Waals surface area contributed by atoms with Crippen LogP contribution in [-0.2, 0) is 27.4 Å². The topological polar surface area (TPSA) is 144 Å². The van der Waals surface area contributed by atoms with Crippen LogP contribution in [0.3, 0.4) is 0 Å². The lowest BCUT2D eigenvalue weighted by Crippen LogP contribution is -2.62. The minimum Gasteiger partial charge on any atom is -0.496 e. The second kappa shape index (κ2) is 17.2. The molecule has 1 heterocycles. The normalized spacial score (nSPS) is 26.1.